The van der Waals surface area contributed by atoms with Gasteiger partial charge in [0.2, 0.25) is 0 Å². The van der Waals surface area contributed by atoms with Crippen molar-refractivity contribution >= 4 is 9.84 Å². The molecule has 4 nitrogen and oxygen atoms in total. The van der Waals surface area contributed by atoms with Crippen LogP contribution in [0.4, 0.5) is 0 Å². The second-order valence-corrected chi connectivity index (χ2v) is 6.13. The third kappa shape index (κ3) is 4.39. The standard InChI is InChI=1S/C9H19NO3S/c1-10-8(7-14(2,11)12)6-9-4-3-5-13-9/h8-10H,3-7H2,1-2H3. The predicted octanol–water partition coefficient (Wildman–Crippen LogP) is 0.188. The number of ether oxygens (including phenoxy) is 1. The van der Waals surface area contributed by atoms with Crippen LogP contribution in [-0.2, 0) is 14.6 Å². The minimum atomic E-state index is -2.90. The van der Waals surface area contributed by atoms with Gasteiger partial charge in [-0.15, -0.1) is 0 Å². The average molecular weight is 221 g/mol. The number of hydrogen-bond donors (Lipinski definition) is 1. The Kier molecular flexibility index (Phi) is 4.34. The molecule has 1 heterocycles. The van der Waals surface area contributed by atoms with E-state index in [1.54, 1.807) is 7.05 Å². The Labute approximate surface area is 85.9 Å². The van der Waals surface area contributed by atoms with Crippen LogP contribution < -0.4 is 5.32 Å². The predicted molar refractivity (Wildman–Crippen MR) is 56.1 cm³/mol. The molecule has 0 bridgehead atoms. The van der Waals surface area contributed by atoms with Crippen molar-refractivity contribution in [3.63, 3.8) is 0 Å². The zero-order valence-corrected chi connectivity index (χ0v) is 9.64. The number of nitrogens with one attached hydrogen (secondary N) is 1. The molecular formula is C9H19NO3S. The molecule has 14 heavy (non-hydrogen) atoms. The average Bonchev–Trinajstić information content (AvgIpc) is 2.53. The molecule has 1 aliphatic rings. The molecule has 5 heteroatoms. The summed E-state index contributed by atoms with van der Waals surface area (Å²) in [6.45, 7) is 0.819. The molecule has 1 rings (SSSR count). The highest BCUT2D eigenvalue weighted by molar-refractivity contribution is 7.90. The van der Waals surface area contributed by atoms with Gasteiger partial charge >= 0.3 is 0 Å². The van der Waals surface area contributed by atoms with Gasteiger partial charge < -0.3 is 10.1 Å². The van der Waals surface area contributed by atoms with Gasteiger partial charge in [0.25, 0.3) is 0 Å². The Morgan fingerprint density at radius 1 is 1.57 bits per heavy atom. The lowest BCUT2D eigenvalue weighted by Crippen LogP contribution is -2.35. The first-order valence-electron chi connectivity index (χ1n) is 4.98. The molecule has 1 saturated heterocycles. The normalized spacial score (nSPS) is 25.1. The lowest BCUT2D eigenvalue weighted by atomic mass is 10.1. The van der Waals surface area contributed by atoms with E-state index in [0.717, 1.165) is 25.9 Å². The molecular weight excluding hydrogens is 202 g/mol. The SMILES string of the molecule is CNC(CC1CCCO1)CS(C)(=O)=O. The van der Waals surface area contributed by atoms with Crippen molar-refractivity contribution in [1.82, 2.24) is 5.32 Å². The van der Waals surface area contributed by atoms with E-state index in [9.17, 15) is 8.42 Å². The molecule has 0 aromatic rings. The van der Waals surface area contributed by atoms with Gasteiger partial charge in [0.15, 0.2) is 0 Å². The summed E-state index contributed by atoms with van der Waals surface area (Å²) in [6.07, 6.45) is 4.47. The summed E-state index contributed by atoms with van der Waals surface area (Å²) in [5, 5.41) is 3.03. The summed E-state index contributed by atoms with van der Waals surface area (Å²) in [7, 11) is -1.10. The Morgan fingerprint density at radius 3 is 2.71 bits per heavy atom. The van der Waals surface area contributed by atoms with Gasteiger partial charge in [0.05, 0.1) is 11.9 Å². The molecule has 0 saturated carbocycles. The second-order valence-electron chi connectivity index (χ2n) is 3.95. The van der Waals surface area contributed by atoms with E-state index in [1.807, 2.05) is 0 Å². The summed E-state index contributed by atoms with van der Waals surface area (Å²) >= 11 is 0. The van der Waals surface area contributed by atoms with E-state index in [1.165, 1.54) is 6.26 Å². The van der Waals surface area contributed by atoms with E-state index in [0.29, 0.717) is 0 Å². The smallest absolute Gasteiger partial charge is 0.148 e. The molecule has 1 N–H and O–H groups in total. The van der Waals surface area contributed by atoms with Gasteiger partial charge in [0, 0.05) is 18.9 Å². The fourth-order valence-electron chi connectivity index (χ4n) is 1.78. The van der Waals surface area contributed by atoms with Gasteiger partial charge in [-0.25, -0.2) is 8.42 Å². The molecule has 2 atom stereocenters. The first-order valence-corrected chi connectivity index (χ1v) is 7.04. The van der Waals surface area contributed by atoms with Crippen LogP contribution in [-0.4, -0.2) is 46.2 Å². The molecule has 0 aromatic heterocycles. The van der Waals surface area contributed by atoms with E-state index in [4.69, 9.17) is 4.74 Å². The first-order chi connectivity index (χ1) is 6.51. The van der Waals surface area contributed by atoms with Gasteiger partial charge in [-0.05, 0) is 26.3 Å². The maximum Gasteiger partial charge on any atom is 0.148 e. The summed E-state index contributed by atoms with van der Waals surface area (Å²) in [4.78, 5) is 0. The maximum atomic E-state index is 11.1. The first kappa shape index (κ1) is 11.9. The minimum absolute atomic E-state index is 0.0214. The molecule has 0 aliphatic carbocycles. The Morgan fingerprint density at radius 2 is 2.29 bits per heavy atom. The van der Waals surface area contributed by atoms with E-state index in [-0.39, 0.29) is 17.9 Å². The molecule has 2 unspecified atom stereocenters. The molecule has 0 spiro atoms. The van der Waals surface area contributed by atoms with Crippen molar-refractivity contribution < 1.29 is 13.2 Å². The minimum Gasteiger partial charge on any atom is -0.378 e. The summed E-state index contributed by atoms with van der Waals surface area (Å²) in [5.74, 6) is 0.198. The van der Waals surface area contributed by atoms with Crippen LogP contribution in [0.2, 0.25) is 0 Å². The molecule has 0 aromatic carbocycles. The van der Waals surface area contributed by atoms with Crippen LogP contribution >= 0.6 is 0 Å². The highest BCUT2D eigenvalue weighted by atomic mass is 32.2. The fraction of sp³-hybridized carbons (Fsp3) is 1.00. The zero-order chi connectivity index (χ0) is 10.6. The Balaban J connectivity index is 2.38. The topological polar surface area (TPSA) is 55.4 Å². The molecule has 84 valence electrons. The molecule has 0 amide bonds. The second kappa shape index (κ2) is 5.09. The Bertz CT molecular complexity index is 257. The van der Waals surface area contributed by atoms with Crippen LogP contribution in [0.3, 0.4) is 0 Å². The highest BCUT2D eigenvalue weighted by Crippen LogP contribution is 2.17. The van der Waals surface area contributed by atoms with Gasteiger partial charge in [-0.3, -0.25) is 0 Å². The van der Waals surface area contributed by atoms with Crippen molar-refractivity contribution in [2.24, 2.45) is 0 Å². The van der Waals surface area contributed by atoms with Gasteiger partial charge in [-0.1, -0.05) is 0 Å². The van der Waals surface area contributed by atoms with E-state index >= 15 is 0 Å². The third-order valence-electron chi connectivity index (χ3n) is 2.48. The number of rotatable bonds is 5. The monoisotopic (exact) mass is 221 g/mol. The van der Waals surface area contributed by atoms with Crippen molar-refractivity contribution in [2.45, 2.75) is 31.4 Å². The fourth-order valence-corrected chi connectivity index (χ4v) is 2.82. The van der Waals surface area contributed by atoms with E-state index in [2.05, 4.69) is 5.32 Å². The van der Waals surface area contributed by atoms with Crippen LogP contribution in [0, 0.1) is 0 Å². The van der Waals surface area contributed by atoms with Crippen molar-refractivity contribution in [3.05, 3.63) is 0 Å². The van der Waals surface area contributed by atoms with Crippen LogP contribution in [0.1, 0.15) is 19.3 Å². The third-order valence-corrected chi connectivity index (χ3v) is 3.49. The number of hydrogen-bond acceptors (Lipinski definition) is 4. The maximum absolute atomic E-state index is 11.1. The van der Waals surface area contributed by atoms with Crippen LogP contribution in [0.5, 0.6) is 0 Å². The summed E-state index contributed by atoms with van der Waals surface area (Å²) in [5.41, 5.74) is 0. The quantitative estimate of drug-likeness (QED) is 0.720. The molecule has 1 fully saturated rings. The van der Waals surface area contributed by atoms with Gasteiger partial charge in [0.1, 0.15) is 9.84 Å². The van der Waals surface area contributed by atoms with Crippen LogP contribution in [0.15, 0.2) is 0 Å². The molecule has 1 aliphatic heterocycles. The summed E-state index contributed by atoms with van der Waals surface area (Å²) in [6, 6.07) is 0.0214. The van der Waals surface area contributed by atoms with Crippen molar-refractivity contribution in [2.75, 3.05) is 25.7 Å². The van der Waals surface area contributed by atoms with E-state index < -0.39 is 9.84 Å². The largest absolute Gasteiger partial charge is 0.378 e. The zero-order valence-electron chi connectivity index (χ0n) is 8.82. The highest BCUT2D eigenvalue weighted by Gasteiger charge is 2.22. The van der Waals surface area contributed by atoms with Gasteiger partial charge in [-0.2, -0.15) is 0 Å². The lowest BCUT2D eigenvalue weighted by molar-refractivity contribution is 0.0974. The summed E-state index contributed by atoms with van der Waals surface area (Å²) < 4.78 is 27.7. The Hall–Kier alpha value is -0.130. The van der Waals surface area contributed by atoms with Crippen molar-refractivity contribution in [3.8, 4) is 0 Å². The lowest BCUT2D eigenvalue weighted by Gasteiger charge is -2.18. The van der Waals surface area contributed by atoms with Crippen molar-refractivity contribution in [1.29, 1.82) is 0 Å². The number of sulfone groups is 1. The molecule has 0 radical (unpaired) electrons. The van der Waals surface area contributed by atoms with Crippen LogP contribution in [0.25, 0.3) is 0 Å².